The van der Waals surface area contributed by atoms with Crippen LogP contribution in [-0.2, 0) is 0 Å². The zero-order chi connectivity index (χ0) is 16.0. The molecule has 0 saturated carbocycles. The van der Waals surface area contributed by atoms with Crippen molar-refractivity contribution in [1.82, 2.24) is 0 Å². The molecule has 0 aliphatic carbocycles. The lowest BCUT2D eigenvalue weighted by atomic mass is 10.0. The van der Waals surface area contributed by atoms with Gasteiger partial charge in [-0.15, -0.1) is 0 Å². The Kier molecular flexibility index (Phi) is 1.63. The van der Waals surface area contributed by atoms with E-state index in [9.17, 15) is 0 Å². The molecule has 0 atom stereocenters. The highest BCUT2D eigenvalue weighted by Gasteiger charge is 2.02. The van der Waals surface area contributed by atoms with Gasteiger partial charge < -0.3 is 0 Å². The van der Waals surface area contributed by atoms with Gasteiger partial charge in [0.15, 0.2) is 0 Å². The molecule has 0 nitrogen and oxygen atoms in total. The monoisotopic (exact) mass is 287 g/mol. The van der Waals surface area contributed by atoms with Gasteiger partial charge in [-0.25, -0.2) is 0 Å². The van der Waals surface area contributed by atoms with Crippen LogP contribution in [0.15, 0.2) is 71.1 Å². The lowest BCUT2D eigenvalue weighted by Gasteiger charge is -2.06. The highest BCUT2D eigenvalue weighted by molar-refractivity contribution is 9.10. The Morgan fingerprint density at radius 2 is 1.65 bits per heavy atom. The van der Waals surface area contributed by atoms with Crippen LogP contribution in [0.2, 0.25) is 0 Å². The van der Waals surface area contributed by atoms with Crippen LogP contribution in [0, 0.1) is 0 Å². The second-order valence-electron chi connectivity index (χ2n) is 3.68. The first-order chi connectivity index (χ1) is 10.4. The van der Waals surface area contributed by atoms with Gasteiger partial charge in [0.1, 0.15) is 0 Å². The fourth-order valence-corrected chi connectivity index (χ4v) is 2.41. The SMILES string of the molecule is [2H]c1c([2H])c([2H])c(-c2cc(Br)c3ccccc3c2)c([2H])c1[2H]. The van der Waals surface area contributed by atoms with Gasteiger partial charge in [0.2, 0.25) is 0 Å². The summed E-state index contributed by atoms with van der Waals surface area (Å²) in [6, 6.07) is 9.96. The van der Waals surface area contributed by atoms with Gasteiger partial charge in [0.25, 0.3) is 0 Å². The fourth-order valence-electron chi connectivity index (χ4n) is 1.80. The summed E-state index contributed by atoms with van der Waals surface area (Å²) in [5.41, 5.74) is 0.819. The molecule has 3 rings (SSSR count). The van der Waals surface area contributed by atoms with Crippen molar-refractivity contribution in [2.75, 3.05) is 0 Å². The van der Waals surface area contributed by atoms with E-state index in [1.807, 2.05) is 30.3 Å². The van der Waals surface area contributed by atoms with Gasteiger partial charge in [0.05, 0.1) is 6.85 Å². The number of fused-ring (bicyclic) bond motifs is 1. The van der Waals surface area contributed by atoms with Crippen LogP contribution in [0.3, 0.4) is 0 Å². The molecule has 0 aliphatic heterocycles. The molecular formula is C16H11Br. The average Bonchev–Trinajstić information content (AvgIpc) is 2.51. The zero-order valence-electron chi connectivity index (χ0n) is 13.8. The van der Waals surface area contributed by atoms with Gasteiger partial charge in [-0.05, 0) is 34.0 Å². The molecule has 0 fully saturated rings. The van der Waals surface area contributed by atoms with E-state index in [2.05, 4.69) is 15.9 Å². The van der Waals surface area contributed by atoms with E-state index >= 15 is 0 Å². The third-order valence-corrected chi connectivity index (χ3v) is 3.26. The minimum atomic E-state index is -0.376. The van der Waals surface area contributed by atoms with E-state index in [4.69, 9.17) is 6.85 Å². The molecule has 0 spiro atoms. The summed E-state index contributed by atoms with van der Waals surface area (Å²) in [4.78, 5) is 0. The van der Waals surface area contributed by atoms with Crippen molar-refractivity contribution in [3.05, 3.63) is 71.1 Å². The number of rotatable bonds is 1. The highest BCUT2D eigenvalue weighted by Crippen LogP contribution is 2.30. The molecule has 3 aromatic carbocycles. The number of hydrogen-bond donors (Lipinski definition) is 0. The van der Waals surface area contributed by atoms with Crippen molar-refractivity contribution in [3.63, 3.8) is 0 Å². The molecule has 0 aromatic heterocycles. The average molecular weight is 288 g/mol. The van der Waals surface area contributed by atoms with E-state index in [0.717, 1.165) is 15.2 Å². The third kappa shape index (κ3) is 1.98. The molecule has 0 heterocycles. The second-order valence-corrected chi connectivity index (χ2v) is 4.53. The smallest absolute Gasteiger partial charge is 0.0622 e. The molecule has 0 bridgehead atoms. The summed E-state index contributed by atoms with van der Waals surface area (Å²) in [6.45, 7) is 0. The maximum atomic E-state index is 8.06. The molecule has 0 radical (unpaired) electrons. The summed E-state index contributed by atoms with van der Waals surface area (Å²) < 4.78 is 40.2. The minimum absolute atomic E-state index is 0.187. The molecule has 17 heavy (non-hydrogen) atoms. The predicted molar refractivity (Wildman–Crippen MR) is 77.1 cm³/mol. The van der Waals surface area contributed by atoms with Gasteiger partial charge >= 0.3 is 0 Å². The van der Waals surface area contributed by atoms with Crippen LogP contribution < -0.4 is 0 Å². The Bertz CT molecular complexity index is 876. The quantitative estimate of drug-likeness (QED) is 0.572. The molecule has 0 amide bonds. The summed E-state index contributed by atoms with van der Waals surface area (Å²) in [5, 5.41) is 1.96. The van der Waals surface area contributed by atoms with E-state index in [-0.39, 0.29) is 35.8 Å². The Balaban J connectivity index is 2.38. The van der Waals surface area contributed by atoms with Crippen LogP contribution in [0.25, 0.3) is 21.9 Å². The van der Waals surface area contributed by atoms with Crippen molar-refractivity contribution in [1.29, 1.82) is 0 Å². The van der Waals surface area contributed by atoms with E-state index in [0.29, 0.717) is 5.56 Å². The normalized spacial score (nSPS) is 14.8. The Hall–Kier alpha value is -1.60. The van der Waals surface area contributed by atoms with Gasteiger partial charge in [-0.2, -0.15) is 0 Å². The van der Waals surface area contributed by atoms with E-state index in [1.54, 1.807) is 6.07 Å². The maximum Gasteiger partial charge on any atom is 0.0629 e. The van der Waals surface area contributed by atoms with Crippen molar-refractivity contribution >= 4 is 26.7 Å². The Morgan fingerprint density at radius 3 is 2.47 bits per heavy atom. The van der Waals surface area contributed by atoms with E-state index < -0.39 is 0 Å². The number of halogens is 1. The van der Waals surface area contributed by atoms with Crippen LogP contribution in [0.1, 0.15) is 6.85 Å². The van der Waals surface area contributed by atoms with Gasteiger partial charge in [-0.3, -0.25) is 0 Å². The Morgan fingerprint density at radius 1 is 0.882 bits per heavy atom. The van der Waals surface area contributed by atoms with Crippen molar-refractivity contribution in [2.24, 2.45) is 0 Å². The third-order valence-electron chi connectivity index (χ3n) is 2.60. The maximum absolute atomic E-state index is 8.06. The van der Waals surface area contributed by atoms with Crippen molar-refractivity contribution < 1.29 is 6.85 Å². The zero-order valence-corrected chi connectivity index (χ0v) is 10.4. The molecular weight excluding hydrogens is 272 g/mol. The lowest BCUT2D eigenvalue weighted by Crippen LogP contribution is -1.80. The molecule has 0 unspecified atom stereocenters. The van der Waals surface area contributed by atoms with Crippen LogP contribution in [0.4, 0.5) is 0 Å². The fraction of sp³-hybridized carbons (Fsp3) is 0. The predicted octanol–water partition coefficient (Wildman–Crippen LogP) is 5.27. The van der Waals surface area contributed by atoms with Gasteiger partial charge in [0, 0.05) is 4.47 Å². The standard InChI is InChI=1S/C16H11Br/c17-16-11-14(12-6-2-1-3-7-12)10-13-8-4-5-9-15(13)16/h1-11H/i1D,2D,3D,6D,7D. The van der Waals surface area contributed by atoms with Gasteiger partial charge in [-0.1, -0.05) is 70.4 Å². The topological polar surface area (TPSA) is 0 Å². The Labute approximate surface area is 116 Å². The number of benzene rings is 3. The van der Waals surface area contributed by atoms with Crippen LogP contribution in [0.5, 0.6) is 0 Å². The first kappa shape index (κ1) is 6.36. The summed E-state index contributed by atoms with van der Waals surface area (Å²) in [7, 11) is 0. The number of hydrogen-bond acceptors (Lipinski definition) is 0. The second kappa shape index (κ2) is 4.34. The minimum Gasteiger partial charge on any atom is -0.0622 e. The first-order valence-electron chi connectivity index (χ1n) is 7.67. The molecule has 0 N–H and O–H groups in total. The lowest BCUT2D eigenvalue weighted by molar-refractivity contribution is 1.63. The molecule has 1 heteroatoms. The van der Waals surface area contributed by atoms with E-state index in [1.165, 1.54) is 0 Å². The molecule has 0 saturated heterocycles. The molecule has 82 valence electrons. The van der Waals surface area contributed by atoms with Crippen LogP contribution in [-0.4, -0.2) is 0 Å². The largest absolute Gasteiger partial charge is 0.0629 e. The summed E-state index contributed by atoms with van der Waals surface area (Å²) >= 11 is 3.49. The van der Waals surface area contributed by atoms with Crippen LogP contribution >= 0.6 is 15.9 Å². The summed E-state index contributed by atoms with van der Waals surface area (Å²) in [5.74, 6) is 0. The highest BCUT2D eigenvalue weighted by atomic mass is 79.9. The van der Waals surface area contributed by atoms with Crippen molar-refractivity contribution in [3.8, 4) is 11.1 Å². The molecule has 3 aromatic rings. The molecule has 0 aliphatic rings. The summed E-state index contributed by atoms with van der Waals surface area (Å²) in [6.07, 6.45) is 0. The first-order valence-corrected chi connectivity index (χ1v) is 5.96. The van der Waals surface area contributed by atoms with Crippen molar-refractivity contribution in [2.45, 2.75) is 0 Å².